The number of amides is 1. The Morgan fingerprint density at radius 2 is 1.49 bits per heavy atom. The Hall–Kier alpha value is -3.94. The van der Waals surface area contributed by atoms with E-state index in [4.69, 9.17) is 11.6 Å². The minimum Gasteiger partial charge on any atom is -0.393 e. The second kappa shape index (κ2) is 11.0. The first kappa shape index (κ1) is 24.7. The number of benzene rings is 3. The second-order valence-electron chi connectivity index (χ2n) is 9.25. The predicted octanol–water partition coefficient (Wildman–Crippen LogP) is 6.38. The van der Waals surface area contributed by atoms with Crippen molar-refractivity contribution in [2.45, 2.75) is 18.9 Å². The van der Waals surface area contributed by atoms with Crippen LogP contribution >= 0.6 is 11.6 Å². The standard InChI is InChI=1S/C29H30ClN5O2/c1-34-16-2-3-28(34)29(37)33-22-6-4-21(5-7-22)32-27-13-10-23(19-26(27)30)31-20-8-11-24(12-9-20)35-17-14-25(36)15-18-35/h2-13,16,19,25,31-32,36H,14-15,17-18H2,1H3,(H,33,37). The molecule has 0 spiro atoms. The molecule has 1 saturated heterocycles. The molecule has 190 valence electrons. The molecule has 0 saturated carbocycles. The minimum absolute atomic E-state index is 0.152. The second-order valence-corrected chi connectivity index (χ2v) is 9.65. The molecule has 7 nitrogen and oxygen atoms in total. The molecule has 5 rings (SSSR count). The van der Waals surface area contributed by atoms with Crippen molar-refractivity contribution in [2.24, 2.45) is 7.05 Å². The summed E-state index contributed by atoms with van der Waals surface area (Å²) in [6.07, 6.45) is 3.29. The van der Waals surface area contributed by atoms with Gasteiger partial charge < -0.3 is 30.5 Å². The topological polar surface area (TPSA) is 81.6 Å². The Bertz CT molecular complexity index is 1360. The minimum atomic E-state index is -0.175. The number of carbonyl (C=O) groups is 1. The molecule has 2 heterocycles. The molecule has 0 unspecified atom stereocenters. The number of hydrogen-bond acceptors (Lipinski definition) is 5. The van der Waals surface area contributed by atoms with E-state index >= 15 is 0 Å². The smallest absolute Gasteiger partial charge is 0.272 e. The van der Waals surface area contributed by atoms with Crippen molar-refractivity contribution in [1.82, 2.24) is 4.57 Å². The van der Waals surface area contributed by atoms with Crippen molar-refractivity contribution in [3.05, 3.63) is 95.8 Å². The lowest BCUT2D eigenvalue weighted by atomic mass is 10.1. The van der Waals surface area contributed by atoms with Crippen molar-refractivity contribution in [2.75, 3.05) is 33.9 Å². The lowest BCUT2D eigenvalue weighted by Gasteiger charge is -2.31. The Morgan fingerprint density at radius 3 is 2.14 bits per heavy atom. The fraction of sp³-hybridized carbons (Fsp3) is 0.207. The van der Waals surface area contributed by atoms with Crippen LogP contribution in [0, 0.1) is 0 Å². The van der Waals surface area contributed by atoms with Crippen LogP contribution in [0.1, 0.15) is 23.3 Å². The lowest BCUT2D eigenvalue weighted by molar-refractivity contribution is 0.101. The summed E-state index contributed by atoms with van der Waals surface area (Å²) < 4.78 is 1.78. The van der Waals surface area contributed by atoms with Gasteiger partial charge in [-0.25, -0.2) is 0 Å². The molecule has 4 N–H and O–H groups in total. The number of anilines is 6. The van der Waals surface area contributed by atoms with Crippen LogP contribution in [0.25, 0.3) is 0 Å². The van der Waals surface area contributed by atoms with Gasteiger partial charge in [-0.1, -0.05) is 11.6 Å². The first-order valence-corrected chi connectivity index (χ1v) is 12.7. The molecule has 4 aromatic rings. The van der Waals surface area contributed by atoms with E-state index in [0.29, 0.717) is 16.4 Å². The fourth-order valence-corrected chi connectivity index (χ4v) is 4.65. The lowest BCUT2D eigenvalue weighted by Crippen LogP contribution is -2.35. The quantitative estimate of drug-likeness (QED) is 0.229. The molecule has 3 aromatic carbocycles. The molecule has 1 aliphatic rings. The summed E-state index contributed by atoms with van der Waals surface area (Å²) >= 11 is 6.57. The summed E-state index contributed by atoms with van der Waals surface area (Å²) in [4.78, 5) is 14.7. The van der Waals surface area contributed by atoms with Gasteiger partial charge in [0.05, 0.1) is 16.8 Å². The zero-order chi connectivity index (χ0) is 25.8. The number of aromatic nitrogens is 1. The van der Waals surface area contributed by atoms with Gasteiger partial charge >= 0.3 is 0 Å². The summed E-state index contributed by atoms with van der Waals surface area (Å²) in [7, 11) is 1.84. The molecule has 1 aliphatic heterocycles. The summed E-state index contributed by atoms with van der Waals surface area (Å²) in [6, 6.07) is 25.2. The zero-order valence-electron chi connectivity index (χ0n) is 20.6. The number of nitrogens with one attached hydrogen (secondary N) is 3. The number of piperidine rings is 1. The molecular weight excluding hydrogens is 486 g/mol. The molecule has 0 bridgehead atoms. The van der Waals surface area contributed by atoms with Crippen molar-refractivity contribution < 1.29 is 9.90 Å². The average Bonchev–Trinajstić information content (AvgIpc) is 3.34. The van der Waals surface area contributed by atoms with Crippen LogP contribution in [-0.2, 0) is 7.05 Å². The van der Waals surface area contributed by atoms with Crippen molar-refractivity contribution >= 4 is 51.6 Å². The predicted molar refractivity (Wildman–Crippen MR) is 152 cm³/mol. The van der Waals surface area contributed by atoms with Gasteiger partial charge in [0.1, 0.15) is 5.69 Å². The van der Waals surface area contributed by atoms with Gasteiger partial charge in [0, 0.05) is 54.8 Å². The van der Waals surface area contributed by atoms with E-state index in [1.165, 1.54) is 5.69 Å². The maximum absolute atomic E-state index is 12.4. The van der Waals surface area contributed by atoms with Gasteiger partial charge in [-0.2, -0.15) is 0 Å². The molecule has 1 aromatic heterocycles. The van der Waals surface area contributed by atoms with Crippen molar-refractivity contribution in [3.8, 4) is 0 Å². The number of halogens is 1. The Kier molecular flexibility index (Phi) is 7.35. The van der Waals surface area contributed by atoms with Gasteiger partial charge in [-0.15, -0.1) is 0 Å². The van der Waals surface area contributed by atoms with Crippen LogP contribution in [-0.4, -0.2) is 34.8 Å². The highest BCUT2D eigenvalue weighted by molar-refractivity contribution is 6.33. The van der Waals surface area contributed by atoms with E-state index in [-0.39, 0.29) is 12.0 Å². The maximum Gasteiger partial charge on any atom is 0.272 e. The van der Waals surface area contributed by atoms with E-state index in [2.05, 4.69) is 45.1 Å². The van der Waals surface area contributed by atoms with Crippen molar-refractivity contribution in [1.29, 1.82) is 0 Å². The van der Waals surface area contributed by atoms with Gasteiger partial charge in [0.25, 0.3) is 5.91 Å². The summed E-state index contributed by atoms with van der Waals surface area (Å²) in [5.41, 5.74) is 6.00. The maximum atomic E-state index is 12.4. The Morgan fingerprint density at radius 1 is 0.865 bits per heavy atom. The number of hydrogen-bond donors (Lipinski definition) is 4. The molecule has 1 fully saturated rings. The third-order valence-electron chi connectivity index (χ3n) is 6.55. The number of aryl methyl sites for hydroxylation is 1. The van der Waals surface area contributed by atoms with E-state index < -0.39 is 0 Å². The van der Waals surface area contributed by atoms with Gasteiger partial charge in [-0.3, -0.25) is 4.79 Å². The first-order valence-electron chi connectivity index (χ1n) is 12.3. The monoisotopic (exact) mass is 515 g/mol. The fourth-order valence-electron chi connectivity index (χ4n) is 4.43. The molecule has 37 heavy (non-hydrogen) atoms. The van der Waals surface area contributed by atoms with E-state index in [1.54, 1.807) is 10.6 Å². The average molecular weight is 516 g/mol. The zero-order valence-corrected chi connectivity index (χ0v) is 21.4. The van der Waals surface area contributed by atoms with Crippen LogP contribution in [0.3, 0.4) is 0 Å². The van der Waals surface area contributed by atoms with Crippen LogP contribution in [0.4, 0.5) is 34.1 Å². The normalized spacial score (nSPS) is 13.9. The van der Waals surface area contributed by atoms with Crippen LogP contribution in [0.5, 0.6) is 0 Å². The number of carbonyl (C=O) groups excluding carboxylic acids is 1. The van der Waals surface area contributed by atoms with E-state index in [9.17, 15) is 9.90 Å². The third kappa shape index (κ3) is 6.07. The SMILES string of the molecule is Cn1cccc1C(=O)Nc1ccc(Nc2ccc(Nc3ccc(N4CCC(O)CC4)cc3)cc2Cl)cc1. The highest BCUT2D eigenvalue weighted by Crippen LogP contribution is 2.31. The van der Waals surface area contributed by atoms with Crippen LogP contribution < -0.4 is 20.9 Å². The molecule has 0 atom stereocenters. The Labute approximate surface area is 221 Å². The van der Waals surface area contributed by atoms with Gasteiger partial charge in [0.2, 0.25) is 0 Å². The van der Waals surface area contributed by atoms with Crippen LogP contribution in [0.2, 0.25) is 5.02 Å². The number of aliphatic hydroxyl groups is 1. The number of aliphatic hydroxyl groups excluding tert-OH is 1. The van der Waals surface area contributed by atoms with Gasteiger partial charge in [-0.05, 0) is 91.7 Å². The largest absolute Gasteiger partial charge is 0.393 e. The van der Waals surface area contributed by atoms with E-state index in [0.717, 1.165) is 48.7 Å². The first-order chi connectivity index (χ1) is 17.9. The number of rotatable bonds is 7. The highest BCUT2D eigenvalue weighted by atomic mass is 35.5. The summed E-state index contributed by atoms with van der Waals surface area (Å²) in [6.45, 7) is 1.76. The summed E-state index contributed by atoms with van der Waals surface area (Å²) in [5, 5.41) is 19.9. The molecular formula is C29H30ClN5O2. The van der Waals surface area contributed by atoms with Gasteiger partial charge in [0.15, 0.2) is 0 Å². The molecule has 1 amide bonds. The highest BCUT2D eigenvalue weighted by Gasteiger charge is 2.17. The molecule has 0 aliphatic carbocycles. The van der Waals surface area contributed by atoms with Crippen LogP contribution in [0.15, 0.2) is 85.1 Å². The summed E-state index contributed by atoms with van der Waals surface area (Å²) in [5.74, 6) is -0.152. The van der Waals surface area contributed by atoms with Crippen molar-refractivity contribution in [3.63, 3.8) is 0 Å². The Balaban J connectivity index is 1.18. The molecule has 8 heteroatoms. The number of nitrogens with zero attached hydrogens (tertiary/aromatic N) is 2. The molecule has 0 radical (unpaired) electrons. The van der Waals surface area contributed by atoms with E-state index in [1.807, 2.05) is 61.8 Å². The third-order valence-corrected chi connectivity index (χ3v) is 6.87.